The van der Waals surface area contributed by atoms with E-state index in [0.29, 0.717) is 12.5 Å². The number of pyridine rings is 1. The summed E-state index contributed by atoms with van der Waals surface area (Å²) in [6.07, 6.45) is 5.83. The summed E-state index contributed by atoms with van der Waals surface area (Å²) < 4.78 is 0. The molecule has 0 atom stereocenters. The fourth-order valence-corrected chi connectivity index (χ4v) is 3.74. The highest BCUT2D eigenvalue weighted by atomic mass is 16.2. The second-order valence-electron chi connectivity index (χ2n) is 7.82. The Morgan fingerprint density at radius 2 is 1.75 bits per heavy atom. The molecule has 0 unspecified atom stereocenters. The topological polar surface area (TPSA) is 60.5 Å². The Morgan fingerprint density at radius 1 is 1.14 bits per heavy atom. The first-order valence-corrected chi connectivity index (χ1v) is 9.92. The molecule has 2 heterocycles. The van der Waals surface area contributed by atoms with Crippen LogP contribution >= 0.6 is 0 Å². The lowest BCUT2D eigenvalue weighted by molar-refractivity contribution is 0.248. The molecule has 0 bridgehead atoms. The number of benzene rings is 1. The summed E-state index contributed by atoms with van der Waals surface area (Å²) >= 11 is 0. The van der Waals surface area contributed by atoms with Crippen molar-refractivity contribution in [2.24, 2.45) is 5.92 Å². The smallest absolute Gasteiger partial charge is 0.319 e. The van der Waals surface area contributed by atoms with E-state index in [9.17, 15) is 4.79 Å². The number of nitrogens with one attached hydrogen (secondary N) is 2. The zero-order valence-electron chi connectivity index (χ0n) is 17.3. The third-order valence-electron chi connectivity index (χ3n) is 5.47. The Morgan fingerprint density at radius 3 is 2.32 bits per heavy atom. The molecule has 28 heavy (non-hydrogen) atoms. The van der Waals surface area contributed by atoms with Crippen molar-refractivity contribution in [3.05, 3.63) is 47.8 Å². The molecule has 2 amide bonds. The predicted molar refractivity (Wildman–Crippen MR) is 116 cm³/mol. The Balaban J connectivity index is 1.48. The second kappa shape index (κ2) is 8.95. The zero-order chi connectivity index (χ0) is 20.1. The van der Waals surface area contributed by atoms with Crippen LogP contribution in [0.15, 0.2) is 36.7 Å². The summed E-state index contributed by atoms with van der Waals surface area (Å²) in [5.41, 5.74) is 5.41. The van der Waals surface area contributed by atoms with Crippen LogP contribution in [0.3, 0.4) is 0 Å². The Bertz CT molecular complexity index is 775. The Kier molecular flexibility index (Phi) is 6.39. The summed E-state index contributed by atoms with van der Waals surface area (Å²) in [5, 5.41) is 6.09. The molecule has 1 aliphatic rings. The van der Waals surface area contributed by atoms with E-state index in [2.05, 4.69) is 49.7 Å². The van der Waals surface area contributed by atoms with E-state index in [4.69, 9.17) is 0 Å². The summed E-state index contributed by atoms with van der Waals surface area (Å²) in [6.45, 7) is 6.81. The minimum atomic E-state index is -0.125. The molecule has 1 aromatic carbocycles. The first-order valence-electron chi connectivity index (χ1n) is 9.92. The number of urea groups is 1. The molecule has 1 aromatic heterocycles. The van der Waals surface area contributed by atoms with E-state index >= 15 is 0 Å². The van der Waals surface area contributed by atoms with E-state index in [-0.39, 0.29) is 6.03 Å². The van der Waals surface area contributed by atoms with Gasteiger partial charge in [0, 0.05) is 63.2 Å². The number of nitrogens with zero attached hydrogens (tertiary/aromatic N) is 3. The van der Waals surface area contributed by atoms with Gasteiger partial charge in [-0.1, -0.05) is 0 Å². The molecule has 2 N–H and O–H groups in total. The molecule has 6 nitrogen and oxygen atoms in total. The molecule has 6 heteroatoms. The lowest BCUT2D eigenvalue weighted by atomic mass is 9.96. The molecule has 3 rings (SSSR count). The number of hydrogen-bond acceptors (Lipinski definition) is 4. The van der Waals surface area contributed by atoms with Gasteiger partial charge in [0.05, 0.1) is 0 Å². The molecular weight excluding hydrogens is 350 g/mol. The van der Waals surface area contributed by atoms with Crippen molar-refractivity contribution in [3.8, 4) is 0 Å². The molecule has 1 saturated heterocycles. The molecule has 2 aromatic rings. The van der Waals surface area contributed by atoms with Crippen molar-refractivity contribution in [3.63, 3.8) is 0 Å². The van der Waals surface area contributed by atoms with Crippen LogP contribution in [-0.2, 0) is 0 Å². The van der Waals surface area contributed by atoms with Crippen LogP contribution in [0.25, 0.3) is 0 Å². The largest absolute Gasteiger partial charge is 0.378 e. The van der Waals surface area contributed by atoms with Crippen LogP contribution < -0.4 is 20.4 Å². The van der Waals surface area contributed by atoms with Crippen molar-refractivity contribution >= 4 is 23.1 Å². The maximum absolute atomic E-state index is 12.4. The lowest BCUT2D eigenvalue weighted by Crippen LogP contribution is -2.40. The number of aryl methyl sites for hydroxylation is 2. The number of hydrogen-bond donors (Lipinski definition) is 2. The number of carbonyl (C=O) groups is 1. The first-order chi connectivity index (χ1) is 13.4. The lowest BCUT2D eigenvalue weighted by Gasteiger charge is -2.33. The van der Waals surface area contributed by atoms with Gasteiger partial charge in [-0.25, -0.2) is 4.79 Å². The van der Waals surface area contributed by atoms with Crippen molar-refractivity contribution in [1.29, 1.82) is 0 Å². The minimum absolute atomic E-state index is 0.125. The van der Waals surface area contributed by atoms with Crippen LogP contribution in [0.1, 0.15) is 24.0 Å². The van der Waals surface area contributed by atoms with Gasteiger partial charge in [0.2, 0.25) is 0 Å². The minimum Gasteiger partial charge on any atom is -0.378 e. The quantitative estimate of drug-likeness (QED) is 0.827. The molecule has 0 saturated carbocycles. The SMILES string of the molecule is Cc1cc(N(C)C)cc(C)c1NC(=O)NCC1CCN(c2ccncc2)CC1. The average Bonchev–Trinajstić information content (AvgIpc) is 2.70. The molecule has 150 valence electrons. The van der Waals surface area contributed by atoms with Gasteiger partial charge in [-0.15, -0.1) is 0 Å². The normalized spacial score (nSPS) is 14.6. The number of aromatic nitrogens is 1. The van der Waals surface area contributed by atoms with E-state index in [1.807, 2.05) is 40.3 Å². The highest BCUT2D eigenvalue weighted by molar-refractivity contribution is 5.91. The van der Waals surface area contributed by atoms with Gasteiger partial charge in [0.1, 0.15) is 0 Å². The van der Waals surface area contributed by atoms with Gasteiger partial charge in [0.25, 0.3) is 0 Å². The fourth-order valence-electron chi connectivity index (χ4n) is 3.74. The monoisotopic (exact) mass is 381 g/mol. The molecule has 0 aliphatic carbocycles. The van der Waals surface area contributed by atoms with Gasteiger partial charge in [-0.2, -0.15) is 0 Å². The van der Waals surface area contributed by atoms with Gasteiger partial charge < -0.3 is 20.4 Å². The van der Waals surface area contributed by atoms with Crippen LogP contribution in [0.4, 0.5) is 21.9 Å². The van der Waals surface area contributed by atoms with Crippen molar-refractivity contribution in [1.82, 2.24) is 10.3 Å². The molecule has 1 fully saturated rings. The van der Waals surface area contributed by atoms with E-state index in [0.717, 1.165) is 48.4 Å². The number of amides is 2. The van der Waals surface area contributed by atoms with E-state index < -0.39 is 0 Å². The van der Waals surface area contributed by atoms with Crippen LogP contribution in [-0.4, -0.2) is 44.7 Å². The van der Waals surface area contributed by atoms with E-state index in [1.165, 1.54) is 5.69 Å². The maximum Gasteiger partial charge on any atom is 0.319 e. The van der Waals surface area contributed by atoms with Crippen molar-refractivity contribution in [2.75, 3.05) is 48.8 Å². The molecule has 0 radical (unpaired) electrons. The van der Waals surface area contributed by atoms with Gasteiger partial charge in [-0.05, 0) is 68.0 Å². The van der Waals surface area contributed by atoms with E-state index in [1.54, 1.807) is 0 Å². The van der Waals surface area contributed by atoms with Crippen LogP contribution in [0.2, 0.25) is 0 Å². The summed E-state index contributed by atoms with van der Waals surface area (Å²) in [5.74, 6) is 0.516. The molecule has 1 aliphatic heterocycles. The number of anilines is 3. The third kappa shape index (κ3) is 4.94. The Hall–Kier alpha value is -2.76. The third-order valence-corrected chi connectivity index (χ3v) is 5.47. The van der Waals surface area contributed by atoms with Gasteiger partial charge >= 0.3 is 6.03 Å². The van der Waals surface area contributed by atoms with Crippen LogP contribution in [0.5, 0.6) is 0 Å². The highest BCUT2D eigenvalue weighted by Gasteiger charge is 2.20. The zero-order valence-corrected chi connectivity index (χ0v) is 17.3. The summed E-state index contributed by atoms with van der Waals surface area (Å²) in [7, 11) is 4.04. The van der Waals surface area contributed by atoms with Gasteiger partial charge in [-0.3, -0.25) is 4.98 Å². The predicted octanol–water partition coefficient (Wildman–Crippen LogP) is 3.80. The standard InChI is InChI=1S/C22H31N5O/c1-16-13-20(26(3)4)14-17(2)21(16)25-22(28)24-15-18-7-11-27(12-8-18)19-5-9-23-10-6-19/h5-6,9-10,13-14,18H,7-8,11-12,15H2,1-4H3,(H2,24,25,28). The summed E-state index contributed by atoms with van der Waals surface area (Å²) in [4.78, 5) is 21.0. The highest BCUT2D eigenvalue weighted by Crippen LogP contribution is 2.26. The van der Waals surface area contributed by atoms with Gasteiger partial charge in [0.15, 0.2) is 0 Å². The first kappa shape index (κ1) is 20.0. The maximum atomic E-state index is 12.4. The Labute approximate surface area is 167 Å². The number of piperidine rings is 1. The summed E-state index contributed by atoms with van der Waals surface area (Å²) in [6, 6.07) is 8.17. The van der Waals surface area contributed by atoms with Crippen LogP contribution in [0, 0.1) is 19.8 Å². The fraction of sp³-hybridized carbons (Fsp3) is 0.455. The number of carbonyl (C=O) groups excluding carboxylic acids is 1. The second-order valence-corrected chi connectivity index (χ2v) is 7.82. The van der Waals surface area contributed by atoms with Crippen molar-refractivity contribution in [2.45, 2.75) is 26.7 Å². The number of rotatable bonds is 5. The molecular formula is C22H31N5O. The average molecular weight is 382 g/mol. The molecule has 0 spiro atoms. The van der Waals surface area contributed by atoms with Crippen molar-refractivity contribution < 1.29 is 4.79 Å².